The Morgan fingerprint density at radius 3 is 2.67 bits per heavy atom. The number of hydrogen-bond donors (Lipinski definition) is 1. The van der Waals surface area contributed by atoms with Gasteiger partial charge in [-0.3, -0.25) is 0 Å². The molecule has 2 rings (SSSR count). The molecule has 1 fully saturated rings. The Kier molecular flexibility index (Phi) is 4.40. The Hall–Kier alpha value is -1.38. The molecule has 21 heavy (non-hydrogen) atoms. The molecule has 1 atom stereocenters. The molecule has 0 amide bonds. The molecule has 1 aromatic heterocycles. The number of aliphatic hydroxyl groups excluding tert-OH is 1. The third kappa shape index (κ3) is 2.58. The van der Waals surface area contributed by atoms with Gasteiger partial charge in [-0.2, -0.15) is 4.31 Å². The first-order valence-electron chi connectivity index (χ1n) is 6.65. The van der Waals surface area contributed by atoms with Crippen LogP contribution in [0, 0.1) is 13.8 Å². The molecule has 8 heteroatoms. The number of methoxy groups -OCH3 is 1. The summed E-state index contributed by atoms with van der Waals surface area (Å²) in [6.07, 6.45) is 1.27. The molecule has 1 unspecified atom stereocenters. The number of ether oxygens (including phenoxy) is 1. The van der Waals surface area contributed by atoms with Crippen molar-refractivity contribution in [3.8, 4) is 0 Å². The monoisotopic (exact) mass is 317 g/mol. The molecule has 0 saturated carbocycles. The fourth-order valence-electron chi connectivity index (χ4n) is 2.74. The van der Waals surface area contributed by atoms with E-state index in [4.69, 9.17) is 4.42 Å². The maximum absolute atomic E-state index is 12.8. The second kappa shape index (κ2) is 5.78. The Morgan fingerprint density at radius 1 is 1.43 bits per heavy atom. The highest BCUT2D eigenvalue weighted by molar-refractivity contribution is 7.89. The third-order valence-electron chi connectivity index (χ3n) is 3.70. The highest BCUT2D eigenvalue weighted by Gasteiger charge is 2.40. The van der Waals surface area contributed by atoms with Gasteiger partial charge >= 0.3 is 5.97 Å². The van der Waals surface area contributed by atoms with Crippen LogP contribution < -0.4 is 0 Å². The first-order chi connectivity index (χ1) is 9.84. The highest BCUT2D eigenvalue weighted by Crippen LogP contribution is 2.33. The zero-order valence-corrected chi connectivity index (χ0v) is 13.1. The van der Waals surface area contributed by atoms with Crippen LogP contribution >= 0.6 is 0 Å². The predicted molar refractivity (Wildman–Crippen MR) is 73.5 cm³/mol. The maximum Gasteiger partial charge on any atom is 0.342 e. The molecule has 0 aliphatic carbocycles. The Labute approximate surface area is 123 Å². The topological polar surface area (TPSA) is 97.0 Å². The van der Waals surface area contributed by atoms with Crippen molar-refractivity contribution < 1.29 is 27.5 Å². The summed E-state index contributed by atoms with van der Waals surface area (Å²) < 4.78 is 36.9. The summed E-state index contributed by atoms with van der Waals surface area (Å²) in [5, 5.41) is 9.32. The van der Waals surface area contributed by atoms with Gasteiger partial charge in [-0.25, -0.2) is 13.2 Å². The van der Waals surface area contributed by atoms with E-state index in [1.54, 1.807) is 0 Å². The fourth-order valence-corrected chi connectivity index (χ4v) is 4.80. The number of hydrogen-bond acceptors (Lipinski definition) is 6. The summed E-state index contributed by atoms with van der Waals surface area (Å²) in [6.45, 7) is 3.09. The van der Waals surface area contributed by atoms with E-state index in [0.717, 1.165) is 0 Å². The van der Waals surface area contributed by atoms with Crippen LogP contribution in [0.5, 0.6) is 0 Å². The van der Waals surface area contributed by atoms with Crippen LogP contribution in [0.4, 0.5) is 0 Å². The SMILES string of the molecule is COC(=O)c1c(C)oc(C)c1S(=O)(=O)N1CCCC1CO. The number of esters is 1. The van der Waals surface area contributed by atoms with E-state index in [0.29, 0.717) is 19.4 Å². The Bertz CT molecular complexity index is 648. The van der Waals surface area contributed by atoms with Crippen molar-refractivity contribution in [2.24, 2.45) is 0 Å². The molecule has 1 N–H and O–H groups in total. The average molecular weight is 317 g/mol. The van der Waals surface area contributed by atoms with Gasteiger partial charge in [-0.15, -0.1) is 0 Å². The minimum atomic E-state index is -3.92. The van der Waals surface area contributed by atoms with Gasteiger partial charge in [0.1, 0.15) is 22.0 Å². The quantitative estimate of drug-likeness (QED) is 0.826. The molecule has 2 heterocycles. The summed E-state index contributed by atoms with van der Waals surface area (Å²) >= 11 is 0. The van der Waals surface area contributed by atoms with Gasteiger partial charge in [0.05, 0.1) is 13.7 Å². The summed E-state index contributed by atoms with van der Waals surface area (Å²) in [6, 6.07) is -0.463. The van der Waals surface area contributed by atoms with Gasteiger partial charge in [0.25, 0.3) is 0 Å². The summed E-state index contributed by atoms with van der Waals surface area (Å²) in [4.78, 5) is 11.7. The fraction of sp³-hybridized carbons (Fsp3) is 0.615. The van der Waals surface area contributed by atoms with Crippen LogP contribution in [-0.2, 0) is 14.8 Å². The molecule has 118 valence electrons. The largest absolute Gasteiger partial charge is 0.465 e. The zero-order chi connectivity index (χ0) is 15.8. The Balaban J connectivity index is 2.57. The average Bonchev–Trinajstić information content (AvgIpc) is 3.02. The first kappa shape index (κ1) is 16.0. The molecular weight excluding hydrogens is 298 g/mol. The van der Waals surface area contributed by atoms with E-state index in [1.165, 1.54) is 25.3 Å². The van der Waals surface area contributed by atoms with Crippen LogP contribution in [0.2, 0.25) is 0 Å². The van der Waals surface area contributed by atoms with Gasteiger partial charge < -0.3 is 14.3 Å². The molecule has 0 aromatic carbocycles. The minimum Gasteiger partial charge on any atom is -0.465 e. The summed E-state index contributed by atoms with van der Waals surface area (Å²) in [7, 11) is -2.73. The molecule has 1 aliphatic heterocycles. The van der Waals surface area contributed by atoms with Crippen LogP contribution in [0.3, 0.4) is 0 Å². The highest BCUT2D eigenvalue weighted by atomic mass is 32.2. The number of carbonyl (C=O) groups is 1. The first-order valence-corrected chi connectivity index (χ1v) is 8.09. The van der Waals surface area contributed by atoms with Crippen LogP contribution in [-0.4, -0.2) is 50.1 Å². The van der Waals surface area contributed by atoms with E-state index < -0.39 is 22.0 Å². The Morgan fingerprint density at radius 2 is 2.10 bits per heavy atom. The molecule has 7 nitrogen and oxygen atoms in total. The lowest BCUT2D eigenvalue weighted by Gasteiger charge is -2.22. The molecule has 0 bridgehead atoms. The van der Waals surface area contributed by atoms with E-state index in [2.05, 4.69) is 4.74 Å². The number of carbonyl (C=O) groups excluding carboxylic acids is 1. The maximum atomic E-state index is 12.8. The summed E-state index contributed by atoms with van der Waals surface area (Å²) in [5.41, 5.74) is -0.0708. The van der Waals surface area contributed by atoms with Gasteiger partial charge in [-0.05, 0) is 26.7 Å². The molecule has 1 aliphatic rings. The molecule has 0 radical (unpaired) electrons. The number of nitrogens with zero attached hydrogens (tertiary/aromatic N) is 1. The van der Waals surface area contributed by atoms with Crippen LogP contribution in [0.25, 0.3) is 0 Å². The van der Waals surface area contributed by atoms with Crippen molar-refractivity contribution in [3.63, 3.8) is 0 Å². The van der Waals surface area contributed by atoms with Crippen LogP contribution in [0.15, 0.2) is 9.31 Å². The number of rotatable bonds is 4. The smallest absolute Gasteiger partial charge is 0.342 e. The van der Waals surface area contributed by atoms with Gasteiger partial charge in [-0.1, -0.05) is 0 Å². The van der Waals surface area contributed by atoms with E-state index >= 15 is 0 Å². The van der Waals surface area contributed by atoms with E-state index in [9.17, 15) is 18.3 Å². The van der Waals surface area contributed by atoms with Crippen molar-refractivity contribution in [3.05, 3.63) is 17.1 Å². The predicted octanol–water partition coefficient (Wildman–Crippen LogP) is 0.828. The van der Waals surface area contributed by atoms with Crippen molar-refractivity contribution in [1.29, 1.82) is 0 Å². The van der Waals surface area contributed by atoms with Gasteiger partial charge in [0.15, 0.2) is 0 Å². The second-order valence-corrected chi connectivity index (χ2v) is 6.83. The second-order valence-electron chi connectivity index (χ2n) is 5.00. The lowest BCUT2D eigenvalue weighted by Crippen LogP contribution is -2.38. The zero-order valence-electron chi connectivity index (χ0n) is 12.2. The lowest BCUT2D eigenvalue weighted by molar-refractivity contribution is 0.0594. The molecular formula is C13H19NO6S. The third-order valence-corrected chi connectivity index (χ3v) is 5.80. The number of aliphatic hydroxyl groups is 1. The molecule has 1 aromatic rings. The van der Waals surface area contributed by atoms with Crippen molar-refractivity contribution >= 4 is 16.0 Å². The number of sulfonamides is 1. The van der Waals surface area contributed by atoms with Crippen molar-refractivity contribution in [1.82, 2.24) is 4.31 Å². The molecule has 0 spiro atoms. The van der Waals surface area contributed by atoms with Crippen LogP contribution in [0.1, 0.15) is 34.7 Å². The van der Waals surface area contributed by atoms with E-state index in [1.807, 2.05) is 0 Å². The van der Waals surface area contributed by atoms with Crippen molar-refractivity contribution in [2.45, 2.75) is 37.6 Å². The van der Waals surface area contributed by atoms with Gasteiger partial charge in [0, 0.05) is 12.6 Å². The number of furan rings is 1. The summed E-state index contributed by atoms with van der Waals surface area (Å²) in [5.74, 6) is -0.392. The van der Waals surface area contributed by atoms with E-state index in [-0.39, 0.29) is 28.6 Å². The standard InChI is InChI=1S/C13H19NO6S/c1-8-11(13(16)19-3)12(9(2)20-8)21(17,18)14-6-4-5-10(14)7-15/h10,15H,4-7H2,1-3H3. The minimum absolute atomic E-state index is 0.0708. The normalized spacial score (nSPS) is 19.9. The molecule has 1 saturated heterocycles. The van der Waals surface area contributed by atoms with Gasteiger partial charge in [0.2, 0.25) is 10.0 Å². The lowest BCUT2D eigenvalue weighted by atomic mass is 10.2. The van der Waals surface area contributed by atoms with Crippen molar-refractivity contribution in [2.75, 3.05) is 20.3 Å². The number of aryl methyl sites for hydroxylation is 2.